The van der Waals surface area contributed by atoms with Gasteiger partial charge in [0.15, 0.2) is 0 Å². The van der Waals surface area contributed by atoms with Crippen LogP contribution in [0.4, 0.5) is 10.7 Å². The van der Waals surface area contributed by atoms with Gasteiger partial charge in [-0.2, -0.15) is 0 Å². The zero-order valence-corrected chi connectivity index (χ0v) is 14.5. The van der Waals surface area contributed by atoms with Crippen molar-refractivity contribution >= 4 is 17.6 Å². The van der Waals surface area contributed by atoms with Crippen molar-refractivity contribution in [1.29, 1.82) is 0 Å². The van der Waals surface area contributed by atoms with Gasteiger partial charge in [0.2, 0.25) is 5.95 Å². The summed E-state index contributed by atoms with van der Waals surface area (Å²) in [5.74, 6) is 0.275. The number of fused-ring (bicyclic) bond motifs is 2. The van der Waals surface area contributed by atoms with E-state index in [-0.39, 0.29) is 24.1 Å². The van der Waals surface area contributed by atoms with Crippen LogP contribution in [0.2, 0.25) is 0 Å². The van der Waals surface area contributed by atoms with E-state index >= 15 is 0 Å². The highest BCUT2D eigenvalue weighted by Crippen LogP contribution is 2.37. The maximum absolute atomic E-state index is 12.7. The van der Waals surface area contributed by atoms with E-state index in [9.17, 15) is 4.79 Å². The lowest BCUT2D eigenvalue weighted by Crippen LogP contribution is -2.51. The molecule has 0 aliphatic carbocycles. The lowest BCUT2D eigenvalue weighted by atomic mass is 9.83. The van der Waals surface area contributed by atoms with Gasteiger partial charge in [-0.15, -0.1) is 0 Å². The standard InChI is InChI=1S/C20H22N4O2/c21-19-22-11-16(12-23-19)15-9-17-7-4-8-18(10-15)24(17)20(25)26-13-14-5-2-1-3-6-14/h1-3,5-6,9,11-12,17-18H,4,7-8,10,13H2,(H2,21,22,23). The van der Waals surface area contributed by atoms with Crippen molar-refractivity contribution in [3.05, 3.63) is 59.9 Å². The van der Waals surface area contributed by atoms with Crippen LogP contribution < -0.4 is 5.73 Å². The first-order valence-electron chi connectivity index (χ1n) is 8.98. The van der Waals surface area contributed by atoms with Gasteiger partial charge in [0, 0.05) is 24.0 Å². The maximum Gasteiger partial charge on any atom is 0.410 e. The minimum absolute atomic E-state index is 0.0679. The highest BCUT2D eigenvalue weighted by molar-refractivity contribution is 5.74. The predicted octanol–water partition coefficient (Wildman–Crippen LogP) is 3.41. The molecule has 2 aromatic rings. The third-order valence-electron chi connectivity index (χ3n) is 5.10. The number of benzene rings is 1. The Morgan fingerprint density at radius 2 is 1.96 bits per heavy atom. The maximum atomic E-state index is 12.7. The van der Waals surface area contributed by atoms with E-state index in [2.05, 4.69) is 16.0 Å². The molecule has 2 aliphatic rings. The summed E-state index contributed by atoms with van der Waals surface area (Å²) >= 11 is 0. The molecule has 1 aromatic heterocycles. The molecule has 1 aromatic carbocycles. The summed E-state index contributed by atoms with van der Waals surface area (Å²) in [7, 11) is 0. The van der Waals surface area contributed by atoms with Crippen LogP contribution in [0.1, 0.15) is 36.8 Å². The molecule has 2 aliphatic heterocycles. The van der Waals surface area contributed by atoms with Crippen molar-refractivity contribution in [2.75, 3.05) is 5.73 Å². The van der Waals surface area contributed by atoms with Crippen LogP contribution in [-0.4, -0.2) is 33.0 Å². The summed E-state index contributed by atoms with van der Waals surface area (Å²) in [6, 6.07) is 10.00. The molecule has 1 amide bonds. The van der Waals surface area contributed by atoms with Gasteiger partial charge in [0.25, 0.3) is 0 Å². The topological polar surface area (TPSA) is 81.3 Å². The number of hydrogen-bond donors (Lipinski definition) is 1. The van der Waals surface area contributed by atoms with Gasteiger partial charge >= 0.3 is 6.09 Å². The van der Waals surface area contributed by atoms with Crippen LogP contribution >= 0.6 is 0 Å². The first-order chi connectivity index (χ1) is 12.7. The van der Waals surface area contributed by atoms with Crippen molar-refractivity contribution in [1.82, 2.24) is 14.9 Å². The van der Waals surface area contributed by atoms with E-state index in [1.165, 1.54) is 5.57 Å². The highest BCUT2D eigenvalue weighted by atomic mass is 16.6. The third kappa shape index (κ3) is 3.40. The fraction of sp³-hybridized carbons (Fsp3) is 0.350. The third-order valence-corrected chi connectivity index (χ3v) is 5.10. The van der Waals surface area contributed by atoms with Crippen molar-refractivity contribution in [2.24, 2.45) is 0 Å². The lowest BCUT2D eigenvalue weighted by Gasteiger charge is -2.44. The Morgan fingerprint density at radius 1 is 1.19 bits per heavy atom. The number of carbonyl (C=O) groups is 1. The Kier molecular flexibility index (Phi) is 4.56. The van der Waals surface area contributed by atoms with Crippen molar-refractivity contribution in [3.8, 4) is 0 Å². The second-order valence-electron chi connectivity index (χ2n) is 6.83. The number of aromatic nitrogens is 2. The Hall–Kier alpha value is -2.89. The molecule has 2 atom stereocenters. The largest absolute Gasteiger partial charge is 0.445 e. The van der Waals surface area contributed by atoms with E-state index in [0.29, 0.717) is 6.61 Å². The normalized spacial score (nSPS) is 21.8. The van der Waals surface area contributed by atoms with E-state index in [1.807, 2.05) is 35.2 Å². The molecule has 4 rings (SSSR count). The molecule has 2 unspecified atom stereocenters. The number of hydrogen-bond acceptors (Lipinski definition) is 5. The van der Waals surface area contributed by atoms with E-state index in [1.54, 1.807) is 12.4 Å². The summed E-state index contributed by atoms with van der Waals surface area (Å²) in [4.78, 5) is 22.8. The molecule has 1 saturated heterocycles. The molecule has 3 heterocycles. The molecule has 0 radical (unpaired) electrons. The molecule has 2 N–H and O–H groups in total. The second-order valence-corrected chi connectivity index (χ2v) is 6.83. The van der Waals surface area contributed by atoms with Crippen molar-refractivity contribution < 1.29 is 9.53 Å². The zero-order chi connectivity index (χ0) is 17.9. The van der Waals surface area contributed by atoms with Crippen molar-refractivity contribution in [2.45, 2.75) is 44.4 Å². The fourth-order valence-electron chi connectivity index (χ4n) is 3.83. The lowest BCUT2D eigenvalue weighted by molar-refractivity contribution is 0.0510. The number of rotatable bonds is 3. The van der Waals surface area contributed by atoms with Gasteiger partial charge < -0.3 is 10.5 Å². The van der Waals surface area contributed by atoms with E-state index in [0.717, 1.165) is 36.8 Å². The average molecular weight is 350 g/mol. The summed E-state index contributed by atoms with van der Waals surface area (Å²) in [6.07, 6.45) is 9.31. The number of ether oxygens (including phenoxy) is 1. The SMILES string of the molecule is Nc1ncc(C2=CC3CCCC(C2)N3C(=O)OCc2ccccc2)cn1. The van der Waals surface area contributed by atoms with Gasteiger partial charge in [-0.05, 0) is 36.8 Å². The van der Waals surface area contributed by atoms with E-state index < -0.39 is 0 Å². The van der Waals surface area contributed by atoms with Gasteiger partial charge in [-0.3, -0.25) is 4.90 Å². The predicted molar refractivity (Wildman–Crippen MR) is 98.9 cm³/mol. The molecule has 6 heteroatoms. The van der Waals surface area contributed by atoms with Crippen LogP contribution in [0.3, 0.4) is 0 Å². The number of piperidine rings is 1. The first kappa shape index (κ1) is 16.6. The van der Waals surface area contributed by atoms with E-state index in [4.69, 9.17) is 10.5 Å². The van der Waals surface area contributed by atoms with Crippen LogP contribution in [0, 0.1) is 0 Å². The number of amides is 1. The average Bonchev–Trinajstić information content (AvgIpc) is 2.66. The Labute approximate surface area is 152 Å². The van der Waals surface area contributed by atoms with Crippen LogP contribution in [0.15, 0.2) is 48.8 Å². The number of nitrogens with two attached hydrogens (primary N) is 1. The summed E-state index contributed by atoms with van der Waals surface area (Å²) in [5, 5.41) is 0. The van der Waals surface area contributed by atoms with Crippen LogP contribution in [0.25, 0.3) is 5.57 Å². The number of anilines is 1. The molecular formula is C20H22N4O2. The molecule has 6 nitrogen and oxygen atoms in total. The number of nitrogens with zero attached hydrogens (tertiary/aromatic N) is 3. The molecule has 134 valence electrons. The monoisotopic (exact) mass is 350 g/mol. The molecule has 0 saturated carbocycles. The smallest absolute Gasteiger partial charge is 0.410 e. The van der Waals surface area contributed by atoms with Crippen LogP contribution in [-0.2, 0) is 11.3 Å². The fourth-order valence-corrected chi connectivity index (χ4v) is 3.83. The number of nitrogen functional groups attached to an aromatic ring is 1. The molecule has 1 fully saturated rings. The quantitative estimate of drug-likeness (QED) is 0.917. The Morgan fingerprint density at radius 3 is 2.69 bits per heavy atom. The Bertz CT molecular complexity index is 804. The minimum Gasteiger partial charge on any atom is -0.445 e. The van der Waals surface area contributed by atoms with Crippen LogP contribution in [0.5, 0.6) is 0 Å². The molecule has 26 heavy (non-hydrogen) atoms. The summed E-state index contributed by atoms with van der Waals surface area (Å²) < 4.78 is 5.58. The summed E-state index contributed by atoms with van der Waals surface area (Å²) in [6.45, 7) is 0.304. The van der Waals surface area contributed by atoms with Gasteiger partial charge in [0.05, 0.1) is 6.04 Å². The highest BCUT2D eigenvalue weighted by Gasteiger charge is 2.38. The van der Waals surface area contributed by atoms with Gasteiger partial charge in [-0.1, -0.05) is 36.4 Å². The Balaban J connectivity index is 1.49. The first-order valence-corrected chi connectivity index (χ1v) is 8.98. The second kappa shape index (κ2) is 7.15. The molecule has 2 bridgehead atoms. The van der Waals surface area contributed by atoms with Gasteiger partial charge in [0.1, 0.15) is 6.61 Å². The van der Waals surface area contributed by atoms with Crippen molar-refractivity contribution in [3.63, 3.8) is 0 Å². The minimum atomic E-state index is -0.229. The number of carbonyl (C=O) groups excluding carboxylic acids is 1. The zero-order valence-electron chi connectivity index (χ0n) is 14.5. The van der Waals surface area contributed by atoms with Gasteiger partial charge in [-0.25, -0.2) is 14.8 Å². The molecular weight excluding hydrogens is 328 g/mol. The summed E-state index contributed by atoms with van der Waals surface area (Å²) in [5.41, 5.74) is 8.75. The molecule has 0 spiro atoms.